The molecule has 0 aliphatic carbocycles. The highest BCUT2D eigenvalue weighted by Crippen LogP contribution is 2.34. The number of hydrogen-bond donors (Lipinski definition) is 0. The number of rotatable bonds is 5. The number of hydrogen-bond acceptors (Lipinski definition) is 7. The van der Waals surface area contributed by atoms with Crippen molar-refractivity contribution in [2.75, 3.05) is 45.2 Å². The summed E-state index contributed by atoms with van der Waals surface area (Å²) in [5, 5.41) is 3.95. The van der Waals surface area contributed by atoms with Crippen molar-refractivity contribution in [3.63, 3.8) is 0 Å². The van der Waals surface area contributed by atoms with Crippen LogP contribution in [-0.2, 0) is 16.0 Å². The molecule has 0 radical (unpaired) electrons. The van der Waals surface area contributed by atoms with Crippen molar-refractivity contribution in [2.24, 2.45) is 5.92 Å². The summed E-state index contributed by atoms with van der Waals surface area (Å²) in [5.74, 6) is 0.880. The Bertz CT molecular complexity index is 962. The van der Waals surface area contributed by atoms with Crippen molar-refractivity contribution < 1.29 is 14.1 Å². The van der Waals surface area contributed by atoms with Crippen LogP contribution in [0, 0.1) is 19.8 Å². The first-order valence-electron chi connectivity index (χ1n) is 11.3. The van der Waals surface area contributed by atoms with Crippen molar-refractivity contribution in [1.29, 1.82) is 0 Å². The number of carbonyl (C=O) groups is 2. The third-order valence-corrected chi connectivity index (χ3v) is 6.62. The summed E-state index contributed by atoms with van der Waals surface area (Å²) >= 11 is 0. The fraction of sp³-hybridized carbons (Fsp3) is 0.609. The second-order valence-corrected chi connectivity index (χ2v) is 9.05. The lowest BCUT2D eigenvalue weighted by Gasteiger charge is -2.27. The van der Waals surface area contributed by atoms with Crippen LogP contribution in [0.3, 0.4) is 0 Å². The highest BCUT2D eigenvalue weighted by atomic mass is 16.5. The van der Waals surface area contributed by atoms with E-state index in [1.807, 2.05) is 19.9 Å². The van der Waals surface area contributed by atoms with Crippen LogP contribution >= 0.6 is 0 Å². The summed E-state index contributed by atoms with van der Waals surface area (Å²) in [6.45, 7) is 6.41. The molecule has 2 atom stereocenters. The van der Waals surface area contributed by atoms with Gasteiger partial charge in [-0.05, 0) is 39.2 Å². The van der Waals surface area contributed by atoms with Crippen molar-refractivity contribution in [3.05, 3.63) is 35.0 Å². The number of nitrogens with zero attached hydrogens (tertiary/aromatic N) is 6. The lowest BCUT2D eigenvalue weighted by Crippen LogP contribution is -2.35. The zero-order valence-corrected chi connectivity index (χ0v) is 19.4. The smallest absolute Gasteiger partial charge is 0.227 e. The molecule has 4 heterocycles. The van der Waals surface area contributed by atoms with Gasteiger partial charge in [0.05, 0.1) is 23.7 Å². The van der Waals surface area contributed by atoms with E-state index in [1.165, 1.54) is 6.42 Å². The summed E-state index contributed by atoms with van der Waals surface area (Å²) in [5.41, 5.74) is 2.38. The summed E-state index contributed by atoms with van der Waals surface area (Å²) in [6, 6.07) is 1.89. The maximum atomic E-state index is 13.1. The molecule has 9 nitrogen and oxygen atoms in total. The molecule has 0 aromatic carbocycles. The van der Waals surface area contributed by atoms with Gasteiger partial charge in [-0.3, -0.25) is 9.59 Å². The molecule has 32 heavy (non-hydrogen) atoms. The SMILES string of the molecule is Cc1noc(C)c1CC(=O)N1C[C@H](C(=O)N(C)C)[C@@H](c2ccnc(N3CCCCC3)n2)C1. The zero-order valence-electron chi connectivity index (χ0n) is 19.4. The summed E-state index contributed by atoms with van der Waals surface area (Å²) < 4.78 is 5.21. The van der Waals surface area contributed by atoms with Crippen LogP contribution in [0.5, 0.6) is 0 Å². The highest BCUT2D eigenvalue weighted by Gasteiger charge is 2.42. The summed E-state index contributed by atoms with van der Waals surface area (Å²) in [4.78, 5) is 41.1. The Morgan fingerprint density at radius 1 is 1.16 bits per heavy atom. The molecule has 0 spiro atoms. The molecule has 0 unspecified atom stereocenters. The Morgan fingerprint density at radius 3 is 2.56 bits per heavy atom. The van der Waals surface area contributed by atoms with Gasteiger partial charge in [-0.25, -0.2) is 9.97 Å². The van der Waals surface area contributed by atoms with E-state index in [9.17, 15) is 9.59 Å². The minimum atomic E-state index is -0.331. The number of anilines is 1. The van der Waals surface area contributed by atoms with Crippen LogP contribution in [-0.4, -0.2) is 77.0 Å². The van der Waals surface area contributed by atoms with Crippen molar-refractivity contribution in [2.45, 2.75) is 45.4 Å². The van der Waals surface area contributed by atoms with E-state index in [4.69, 9.17) is 9.51 Å². The predicted molar refractivity (Wildman–Crippen MR) is 119 cm³/mol. The van der Waals surface area contributed by atoms with Crippen molar-refractivity contribution in [1.82, 2.24) is 24.9 Å². The topological polar surface area (TPSA) is 95.7 Å². The Hall–Kier alpha value is -2.97. The molecule has 0 saturated carbocycles. The molecule has 2 aliphatic heterocycles. The van der Waals surface area contributed by atoms with Gasteiger partial charge in [-0.1, -0.05) is 5.16 Å². The molecule has 2 fully saturated rings. The fourth-order valence-electron chi connectivity index (χ4n) is 4.72. The number of aromatic nitrogens is 3. The van der Waals surface area contributed by atoms with Crippen molar-refractivity contribution in [3.8, 4) is 0 Å². The quantitative estimate of drug-likeness (QED) is 0.701. The molecule has 0 N–H and O–H groups in total. The van der Waals surface area contributed by atoms with Crippen molar-refractivity contribution >= 4 is 17.8 Å². The second-order valence-electron chi connectivity index (χ2n) is 9.05. The van der Waals surface area contributed by atoms with E-state index in [2.05, 4.69) is 15.0 Å². The predicted octanol–water partition coefficient (Wildman–Crippen LogP) is 1.94. The van der Waals surface area contributed by atoms with Crippen LogP contribution in [0.1, 0.15) is 47.9 Å². The van der Waals surface area contributed by atoms with Crippen LogP contribution in [0.25, 0.3) is 0 Å². The second kappa shape index (κ2) is 9.26. The van der Waals surface area contributed by atoms with Gasteiger partial charge in [-0.2, -0.15) is 0 Å². The number of likely N-dealkylation sites (tertiary alicyclic amines) is 1. The molecule has 2 aromatic rings. The van der Waals surface area contributed by atoms with Crippen LogP contribution < -0.4 is 4.90 Å². The number of piperidine rings is 1. The minimum Gasteiger partial charge on any atom is -0.361 e. The number of carbonyl (C=O) groups excluding carboxylic acids is 2. The molecule has 2 amide bonds. The molecular weight excluding hydrogens is 408 g/mol. The fourth-order valence-corrected chi connectivity index (χ4v) is 4.72. The third kappa shape index (κ3) is 4.47. The van der Waals surface area contributed by atoms with Gasteiger partial charge in [0.1, 0.15) is 5.76 Å². The molecule has 172 valence electrons. The average Bonchev–Trinajstić information content (AvgIpc) is 3.38. The van der Waals surface area contributed by atoms with Gasteiger partial charge in [-0.15, -0.1) is 0 Å². The average molecular weight is 441 g/mol. The Labute approximate surface area is 188 Å². The van der Waals surface area contributed by atoms with Gasteiger partial charge in [0.15, 0.2) is 0 Å². The van der Waals surface area contributed by atoms with E-state index >= 15 is 0 Å². The number of aryl methyl sites for hydroxylation is 2. The summed E-state index contributed by atoms with van der Waals surface area (Å²) in [7, 11) is 3.51. The Balaban J connectivity index is 1.57. The first-order valence-corrected chi connectivity index (χ1v) is 11.3. The van der Waals surface area contributed by atoms with E-state index in [1.54, 1.807) is 30.1 Å². The van der Waals surface area contributed by atoms with E-state index in [0.29, 0.717) is 18.8 Å². The van der Waals surface area contributed by atoms with Gasteiger partial charge in [0, 0.05) is 58.0 Å². The van der Waals surface area contributed by atoms with Gasteiger partial charge in [0.2, 0.25) is 17.8 Å². The van der Waals surface area contributed by atoms with Gasteiger partial charge >= 0.3 is 0 Å². The first kappa shape index (κ1) is 22.2. The molecule has 2 aromatic heterocycles. The van der Waals surface area contributed by atoms with Crippen LogP contribution in [0.4, 0.5) is 5.95 Å². The van der Waals surface area contributed by atoms with E-state index in [-0.39, 0.29) is 30.1 Å². The normalized spacial score (nSPS) is 21.1. The number of amides is 2. The largest absolute Gasteiger partial charge is 0.361 e. The van der Waals surface area contributed by atoms with Gasteiger partial charge in [0.25, 0.3) is 0 Å². The molecular formula is C23H32N6O3. The Morgan fingerprint density at radius 2 is 1.91 bits per heavy atom. The third-order valence-electron chi connectivity index (χ3n) is 6.62. The molecule has 0 bridgehead atoms. The zero-order chi connectivity index (χ0) is 22.8. The highest BCUT2D eigenvalue weighted by molar-refractivity contribution is 5.84. The van der Waals surface area contributed by atoms with Crippen LogP contribution in [0.2, 0.25) is 0 Å². The summed E-state index contributed by atoms with van der Waals surface area (Å²) in [6.07, 6.45) is 5.52. The lowest BCUT2D eigenvalue weighted by atomic mass is 9.91. The molecule has 9 heteroatoms. The molecule has 4 rings (SSSR count). The van der Waals surface area contributed by atoms with Gasteiger partial charge < -0.3 is 19.2 Å². The molecule has 2 saturated heterocycles. The lowest BCUT2D eigenvalue weighted by molar-refractivity contribution is -0.133. The Kier molecular flexibility index (Phi) is 6.43. The van der Waals surface area contributed by atoms with E-state index in [0.717, 1.165) is 48.8 Å². The maximum absolute atomic E-state index is 13.1. The first-order chi connectivity index (χ1) is 15.3. The van der Waals surface area contributed by atoms with Crippen LogP contribution in [0.15, 0.2) is 16.8 Å². The molecule has 2 aliphatic rings. The van der Waals surface area contributed by atoms with E-state index < -0.39 is 0 Å². The maximum Gasteiger partial charge on any atom is 0.227 e. The minimum absolute atomic E-state index is 0.0146. The standard InChI is InChI=1S/C23H32N6O3/c1-15-17(16(2)32-26-15)12-21(30)29-13-18(19(14-29)22(31)27(3)4)20-8-9-24-23(25-20)28-10-6-5-7-11-28/h8-9,18-19H,5-7,10-14H2,1-4H3/t18-,19-/m0/s1. The monoisotopic (exact) mass is 440 g/mol.